The number of nitrogens with zero attached hydrogens (tertiary/aromatic N) is 7. The van der Waals surface area contributed by atoms with Gasteiger partial charge in [0, 0.05) is 51.7 Å². The van der Waals surface area contributed by atoms with E-state index < -0.39 is 0 Å². The number of amides is 1. The Balaban J connectivity index is 1.67. The van der Waals surface area contributed by atoms with Crippen molar-refractivity contribution in [2.24, 2.45) is 0 Å². The molecule has 0 aromatic carbocycles. The van der Waals surface area contributed by atoms with Crippen molar-refractivity contribution in [3.05, 3.63) is 36.5 Å². The van der Waals surface area contributed by atoms with Crippen molar-refractivity contribution in [1.82, 2.24) is 29.5 Å². The zero-order chi connectivity index (χ0) is 17.6. The minimum atomic E-state index is -0.0365. The van der Waals surface area contributed by atoms with Crippen LogP contribution in [0.25, 0.3) is 0 Å². The molecule has 0 radical (unpaired) electrons. The maximum absolute atomic E-state index is 12.7. The van der Waals surface area contributed by atoms with Crippen LogP contribution >= 0.6 is 0 Å². The lowest BCUT2D eigenvalue weighted by Crippen LogP contribution is -2.47. The summed E-state index contributed by atoms with van der Waals surface area (Å²) in [6.07, 6.45) is 6.98. The van der Waals surface area contributed by atoms with Gasteiger partial charge in [0.2, 0.25) is 0 Å². The molecule has 2 aromatic heterocycles. The second-order valence-corrected chi connectivity index (χ2v) is 6.21. The highest BCUT2D eigenvalue weighted by molar-refractivity contribution is 5.92. The fourth-order valence-electron chi connectivity index (χ4n) is 2.87. The Morgan fingerprint density at radius 3 is 2.72 bits per heavy atom. The standard InChI is InChI=1S/C17H25N7O/c1-3-22(11-12-24-6-4-5-19-24)16-14-18-13-15(20-16)17(25)23-9-7-21(2)8-10-23/h4-6,13-14H,3,7-12H2,1-2H3. The number of likely N-dealkylation sites (N-methyl/N-ethyl adjacent to an activating group) is 2. The lowest BCUT2D eigenvalue weighted by atomic mass is 10.3. The third-order valence-electron chi connectivity index (χ3n) is 4.50. The summed E-state index contributed by atoms with van der Waals surface area (Å²) in [6, 6.07) is 1.91. The van der Waals surface area contributed by atoms with Crippen LogP contribution in [0.15, 0.2) is 30.9 Å². The predicted octanol–water partition coefficient (Wildman–Crippen LogP) is 0.587. The molecule has 1 aliphatic heterocycles. The molecule has 1 aliphatic rings. The minimum Gasteiger partial charge on any atom is -0.354 e. The smallest absolute Gasteiger partial charge is 0.274 e. The number of piperazine rings is 1. The van der Waals surface area contributed by atoms with Crippen molar-refractivity contribution in [3.8, 4) is 0 Å². The summed E-state index contributed by atoms with van der Waals surface area (Å²) in [5, 5.41) is 4.22. The molecule has 0 unspecified atom stereocenters. The fraction of sp³-hybridized carbons (Fsp3) is 0.529. The van der Waals surface area contributed by atoms with Gasteiger partial charge in [-0.3, -0.25) is 14.5 Å². The lowest BCUT2D eigenvalue weighted by molar-refractivity contribution is 0.0658. The first-order chi connectivity index (χ1) is 12.2. The molecule has 8 nitrogen and oxygen atoms in total. The van der Waals surface area contributed by atoms with E-state index >= 15 is 0 Å². The number of carbonyl (C=O) groups is 1. The van der Waals surface area contributed by atoms with Crippen molar-refractivity contribution in [2.45, 2.75) is 13.5 Å². The summed E-state index contributed by atoms with van der Waals surface area (Å²) >= 11 is 0. The average Bonchev–Trinajstić information content (AvgIpc) is 3.16. The molecule has 3 heterocycles. The van der Waals surface area contributed by atoms with Gasteiger partial charge in [0.05, 0.1) is 18.9 Å². The van der Waals surface area contributed by atoms with Crippen LogP contribution < -0.4 is 4.90 Å². The molecule has 0 spiro atoms. The largest absolute Gasteiger partial charge is 0.354 e. The summed E-state index contributed by atoms with van der Waals surface area (Å²) in [5.41, 5.74) is 0.416. The van der Waals surface area contributed by atoms with Crippen LogP contribution in [0.1, 0.15) is 17.4 Å². The van der Waals surface area contributed by atoms with Gasteiger partial charge in [0.1, 0.15) is 11.5 Å². The Hall–Kier alpha value is -2.48. The zero-order valence-corrected chi connectivity index (χ0v) is 14.9. The fourth-order valence-corrected chi connectivity index (χ4v) is 2.87. The Morgan fingerprint density at radius 2 is 2.04 bits per heavy atom. The number of hydrogen-bond acceptors (Lipinski definition) is 6. The first kappa shape index (κ1) is 17.3. The van der Waals surface area contributed by atoms with Crippen molar-refractivity contribution in [1.29, 1.82) is 0 Å². The highest BCUT2D eigenvalue weighted by Gasteiger charge is 2.22. The molecule has 25 heavy (non-hydrogen) atoms. The highest BCUT2D eigenvalue weighted by Crippen LogP contribution is 2.12. The quantitative estimate of drug-likeness (QED) is 0.764. The van der Waals surface area contributed by atoms with Gasteiger partial charge in [-0.15, -0.1) is 0 Å². The second-order valence-electron chi connectivity index (χ2n) is 6.21. The monoisotopic (exact) mass is 343 g/mol. The van der Waals surface area contributed by atoms with Crippen LogP contribution in [-0.2, 0) is 6.54 Å². The average molecular weight is 343 g/mol. The minimum absolute atomic E-state index is 0.0365. The van der Waals surface area contributed by atoms with E-state index in [-0.39, 0.29) is 5.91 Å². The van der Waals surface area contributed by atoms with E-state index in [0.29, 0.717) is 5.69 Å². The van der Waals surface area contributed by atoms with Crippen LogP contribution in [0, 0.1) is 0 Å². The number of rotatable bonds is 6. The van der Waals surface area contributed by atoms with Crippen molar-refractivity contribution in [3.63, 3.8) is 0 Å². The molecule has 0 bridgehead atoms. The predicted molar refractivity (Wildman–Crippen MR) is 95.5 cm³/mol. The summed E-state index contributed by atoms with van der Waals surface area (Å²) in [6.45, 7) is 7.64. The number of carbonyl (C=O) groups excluding carboxylic acids is 1. The molecule has 0 N–H and O–H groups in total. The van der Waals surface area contributed by atoms with Crippen molar-refractivity contribution < 1.29 is 4.79 Å². The van der Waals surface area contributed by atoms with E-state index in [1.165, 1.54) is 0 Å². The molecule has 0 aliphatic carbocycles. The van der Waals surface area contributed by atoms with Crippen LogP contribution in [0.2, 0.25) is 0 Å². The van der Waals surface area contributed by atoms with Gasteiger partial charge in [-0.1, -0.05) is 0 Å². The van der Waals surface area contributed by atoms with Gasteiger partial charge < -0.3 is 14.7 Å². The zero-order valence-electron chi connectivity index (χ0n) is 14.9. The first-order valence-electron chi connectivity index (χ1n) is 8.69. The van der Waals surface area contributed by atoms with Gasteiger partial charge in [-0.2, -0.15) is 5.10 Å². The molecular formula is C17H25N7O. The molecule has 134 valence electrons. The Kier molecular flexibility index (Phi) is 5.60. The van der Waals surface area contributed by atoms with Crippen LogP contribution in [0.3, 0.4) is 0 Å². The lowest BCUT2D eigenvalue weighted by Gasteiger charge is -2.32. The normalized spacial score (nSPS) is 15.4. The molecule has 3 rings (SSSR count). The third-order valence-corrected chi connectivity index (χ3v) is 4.50. The van der Waals surface area contributed by atoms with Gasteiger partial charge in [0.25, 0.3) is 5.91 Å². The Labute approximate surface area is 148 Å². The topological polar surface area (TPSA) is 70.4 Å². The molecular weight excluding hydrogens is 318 g/mol. The maximum atomic E-state index is 12.7. The van der Waals surface area contributed by atoms with Crippen LogP contribution in [-0.4, -0.2) is 81.8 Å². The molecule has 1 amide bonds. The first-order valence-corrected chi connectivity index (χ1v) is 8.69. The molecule has 8 heteroatoms. The highest BCUT2D eigenvalue weighted by atomic mass is 16.2. The van der Waals surface area contributed by atoms with E-state index in [1.807, 2.05) is 21.8 Å². The molecule has 1 fully saturated rings. The molecule has 1 saturated heterocycles. The van der Waals surface area contributed by atoms with E-state index in [9.17, 15) is 4.79 Å². The van der Waals surface area contributed by atoms with Crippen LogP contribution in [0.5, 0.6) is 0 Å². The van der Waals surface area contributed by atoms with Gasteiger partial charge >= 0.3 is 0 Å². The van der Waals surface area contributed by atoms with E-state index in [2.05, 4.69) is 38.8 Å². The van der Waals surface area contributed by atoms with Gasteiger partial charge in [-0.25, -0.2) is 4.98 Å². The summed E-state index contributed by atoms with van der Waals surface area (Å²) < 4.78 is 1.88. The molecule has 0 saturated carbocycles. The summed E-state index contributed by atoms with van der Waals surface area (Å²) in [5.74, 6) is 0.695. The third kappa shape index (κ3) is 4.33. The Morgan fingerprint density at radius 1 is 1.24 bits per heavy atom. The number of aromatic nitrogens is 4. The maximum Gasteiger partial charge on any atom is 0.274 e. The van der Waals surface area contributed by atoms with Crippen LogP contribution in [0.4, 0.5) is 5.82 Å². The SMILES string of the molecule is CCN(CCn1cccn1)c1cncc(C(=O)N2CCN(C)CC2)n1. The molecule has 0 atom stereocenters. The van der Waals surface area contributed by atoms with Gasteiger partial charge in [-0.05, 0) is 20.0 Å². The second kappa shape index (κ2) is 8.06. The van der Waals surface area contributed by atoms with Gasteiger partial charge in [0.15, 0.2) is 0 Å². The summed E-state index contributed by atoms with van der Waals surface area (Å²) in [7, 11) is 2.07. The summed E-state index contributed by atoms with van der Waals surface area (Å²) in [4.78, 5) is 27.7. The Bertz CT molecular complexity index is 680. The number of anilines is 1. The number of hydrogen-bond donors (Lipinski definition) is 0. The molecule has 2 aromatic rings. The van der Waals surface area contributed by atoms with E-state index in [0.717, 1.165) is 51.6 Å². The van der Waals surface area contributed by atoms with E-state index in [4.69, 9.17) is 0 Å². The van der Waals surface area contributed by atoms with Crippen molar-refractivity contribution >= 4 is 11.7 Å². The van der Waals surface area contributed by atoms with Crippen molar-refractivity contribution in [2.75, 3.05) is 51.2 Å². The van der Waals surface area contributed by atoms with E-state index in [1.54, 1.807) is 18.6 Å².